The number of hydrogen-bond acceptors (Lipinski definition) is 3. The normalized spacial score (nSPS) is 30.3. The number of carbonyl (C=O) groups excluding carboxylic acids is 2. The lowest BCUT2D eigenvalue weighted by atomic mass is 10.2. The zero-order chi connectivity index (χ0) is 12.3. The molecule has 0 aliphatic carbocycles. The van der Waals surface area contributed by atoms with Gasteiger partial charge in [-0.25, -0.2) is 0 Å². The Kier molecular flexibility index (Phi) is 4.31. The summed E-state index contributed by atoms with van der Waals surface area (Å²) < 4.78 is 0. The fraction of sp³-hybridized carbons (Fsp3) is 0.833. The molecule has 2 saturated heterocycles. The lowest BCUT2D eigenvalue weighted by molar-refractivity contribution is -0.133. The minimum absolute atomic E-state index is 0.00627. The zero-order valence-corrected chi connectivity index (χ0v) is 11.1. The van der Waals surface area contributed by atoms with Gasteiger partial charge >= 0.3 is 0 Å². The van der Waals surface area contributed by atoms with Gasteiger partial charge in [-0.15, -0.1) is 0 Å². The second-order valence-electron chi connectivity index (χ2n) is 4.70. The van der Waals surface area contributed by atoms with Crippen LogP contribution in [-0.2, 0) is 9.59 Å². The summed E-state index contributed by atoms with van der Waals surface area (Å²) in [6.07, 6.45) is 3.58. The number of nitrogens with zero attached hydrogens (tertiary/aromatic N) is 1. The van der Waals surface area contributed by atoms with E-state index in [-0.39, 0.29) is 17.9 Å². The number of hydrogen-bond donors (Lipinski definition) is 1. The van der Waals surface area contributed by atoms with Gasteiger partial charge in [0.1, 0.15) is 6.04 Å². The van der Waals surface area contributed by atoms with E-state index in [1.807, 2.05) is 23.6 Å². The standard InChI is InChI=1S/C12H20N2O2S/c1-2-10-12(16)14(6-5-11(15)13-10)8-9-4-3-7-17-9/h9-10H,2-8H2,1H3,(H,13,15). The Morgan fingerprint density at radius 1 is 1.47 bits per heavy atom. The second kappa shape index (κ2) is 5.76. The first kappa shape index (κ1) is 12.7. The van der Waals surface area contributed by atoms with Gasteiger partial charge in [-0.2, -0.15) is 11.8 Å². The van der Waals surface area contributed by atoms with Crippen molar-refractivity contribution in [2.45, 2.75) is 43.9 Å². The van der Waals surface area contributed by atoms with Crippen molar-refractivity contribution in [3.05, 3.63) is 0 Å². The maximum Gasteiger partial charge on any atom is 0.245 e. The van der Waals surface area contributed by atoms with Crippen LogP contribution in [0.1, 0.15) is 32.6 Å². The van der Waals surface area contributed by atoms with Gasteiger partial charge in [-0.05, 0) is 25.0 Å². The largest absolute Gasteiger partial charge is 0.344 e. The van der Waals surface area contributed by atoms with E-state index in [0.717, 1.165) is 6.54 Å². The van der Waals surface area contributed by atoms with Crippen molar-refractivity contribution < 1.29 is 9.59 Å². The third-order valence-corrected chi connectivity index (χ3v) is 4.79. The van der Waals surface area contributed by atoms with Crippen molar-refractivity contribution >= 4 is 23.6 Å². The van der Waals surface area contributed by atoms with E-state index in [9.17, 15) is 9.59 Å². The number of amides is 2. The maximum absolute atomic E-state index is 12.2. The SMILES string of the molecule is CCC1NC(=O)CCN(CC2CCCS2)C1=O. The first-order valence-corrected chi connectivity index (χ1v) is 7.45. The Morgan fingerprint density at radius 2 is 2.29 bits per heavy atom. The molecule has 17 heavy (non-hydrogen) atoms. The van der Waals surface area contributed by atoms with Gasteiger partial charge in [-0.3, -0.25) is 9.59 Å². The minimum Gasteiger partial charge on any atom is -0.344 e. The summed E-state index contributed by atoms with van der Waals surface area (Å²) in [5, 5.41) is 3.37. The monoisotopic (exact) mass is 256 g/mol. The van der Waals surface area contributed by atoms with E-state index in [1.54, 1.807) is 0 Å². The van der Waals surface area contributed by atoms with E-state index in [0.29, 0.717) is 24.6 Å². The predicted octanol–water partition coefficient (Wildman–Crippen LogP) is 1.01. The Labute approximate surface area is 106 Å². The fourth-order valence-corrected chi connectivity index (χ4v) is 3.67. The molecular weight excluding hydrogens is 236 g/mol. The Balaban J connectivity index is 1.98. The molecule has 0 spiro atoms. The molecule has 2 rings (SSSR count). The topological polar surface area (TPSA) is 49.4 Å². The van der Waals surface area contributed by atoms with Crippen molar-refractivity contribution in [3.8, 4) is 0 Å². The van der Waals surface area contributed by atoms with Crippen molar-refractivity contribution in [2.24, 2.45) is 0 Å². The Hall–Kier alpha value is -0.710. The average Bonchev–Trinajstić information content (AvgIpc) is 2.78. The molecule has 2 atom stereocenters. The smallest absolute Gasteiger partial charge is 0.245 e. The van der Waals surface area contributed by atoms with Gasteiger partial charge in [0.25, 0.3) is 0 Å². The zero-order valence-electron chi connectivity index (χ0n) is 10.3. The molecule has 2 fully saturated rings. The first-order chi connectivity index (χ1) is 8.20. The molecule has 96 valence electrons. The molecule has 1 N–H and O–H groups in total. The molecule has 5 heteroatoms. The van der Waals surface area contributed by atoms with Gasteiger partial charge in [0.2, 0.25) is 11.8 Å². The first-order valence-electron chi connectivity index (χ1n) is 6.40. The molecular formula is C12H20N2O2S. The van der Waals surface area contributed by atoms with Crippen LogP contribution in [0.5, 0.6) is 0 Å². The molecule has 0 bridgehead atoms. The van der Waals surface area contributed by atoms with Crippen LogP contribution in [0.15, 0.2) is 0 Å². The van der Waals surface area contributed by atoms with Crippen molar-refractivity contribution in [1.29, 1.82) is 0 Å². The molecule has 2 aliphatic heterocycles. The second-order valence-corrected chi connectivity index (χ2v) is 6.11. The van der Waals surface area contributed by atoms with Crippen LogP contribution in [0.4, 0.5) is 0 Å². The highest BCUT2D eigenvalue weighted by molar-refractivity contribution is 8.00. The van der Waals surface area contributed by atoms with Gasteiger partial charge in [-0.1, -0.05) is 6.92 Å². The fourth-order valence-electron chi connectivity index (χ4n) is 2.39. The molecule has 0 aromatic rings. The summed E-state index contributed by atoms with van der Waals surface area (Å²) in [6, 6.07) is -0.309. The van der Waals surface area contributed by atoms with Crippen LogP contribution in [0.3, 0.4) is 0 Å². The highest BCUT2D eigenvalue weighted by Gasteiger charge is 2.30. The van der Waals surface area contributed by atoms with Crippen LogP contribution in [0.25, 0.3) is 0 Å². The molecule has 2 aliphatic rings. The van der Waals surface area contributed by atoms with E-state index in [1.165, 1.54) is 18.6 Å². The van der Waals surface area contributed by atoms with Crippen LogP contribution >= 0.6 is 11.8 Å². The lowest BCUT2D eigenvalue weighted by Gasteiger charge is -2.25. The molecule has 2 heterocycles. The average molecular weight is 256 g/mol. The predicted molar refractivity (Wildman–Crippen MR) is 68.9 cm³/mol. The van der Waals surface area contributed by atoms with Crippen molar-refractivity contribution in [1.82, 2.24) is 10.2 Å². The van der Waals surface area contributed by atoms with Gasteiger partial charge in [0.15, 0.2) is 0 Å². The van der Waals surface area contributed by atoms with Crippen LogP contribution in [0.2, 0.25) is 0 Å². The third kappa shape index (κ3) is 3.15. The van der Waals surface area contributed by atoms with Crippen LogP contribution < -0.4 is 5.32 Å². The Morgan fingerprint density at radius 3 is 2.94 bits per heavy atom. The quantitative estimate of drug-likeness (QED) is 0.820. The summed E-state index contributed by atoms with van der Waals surface area (Å²) in [4.78, 5) is 25.6. The van der Waals surface area contributed by atoms with E-state index >= 15 is 0 Å². The van der Waals surface area contributed by atoms with Crippen LogP contribution in [-0.4, -0.2) is 46.8 Å². The molecule has 0 aromatic carbocycles. The van der Waals surface area contributed by atoms with E-state index < -0.39 is 0 Å². The Bertz CT molecular complexity index is 303. The highest BCUT2D eigenvalue weighted by atomic mass is 32.2. The minimum atomic E-state index is -0.309. The molecule has 0 aromatic heterocycles. The summed E-state index contributed by atoms with van der Waals surface area (Å²) in [5.41, 5.74) is 0. The summed E-state index contributed by atoms with van der Waals surface area (Å²) in [7, 11) is 0. The number of nitrogens with one attached hydrogen (secondary N) is 1. The molecule has 2 unspecified atom stereocenters. The maximum atomic E-state index is 12.2. The van der Waals surface area contributed by atoms with Crippen molar-refractivity contribution in [2.75, 3.05) is 18.8 Å². The number of thioether (sulfide) groups is 1. The lowest BCUT2D eigenvalue weighted by Crippen LogP contribution is -2.45. The number of carbonyl (C=O) groups is 2. The van der Waals surface area contributed by atoms with Crippen molar-refractivity contribution in [3.63, 3.8) is 0 Å². The number of rotatable bonds is 3. The summed E-state index contributed by atoms with van der Waals surface area (Å²) >= 11 is 1.96. The highest BCUT2D eigenvalue weighted by Crippen LogP contribution is 2.27. The third-order valence-electron chi connectivity index (χ3n) is 3.41. The molecule has 2 amide bonds. The molecule has 0 saturated carbocycles. The summed E-state index contributed by atoms with van der Waals surface area (Å²) in [6.45, 7) is 3.34. The van der Waals surface area contributed by atoms with E-state index in [4.69, 9.17) is 0 Å². The van der Waals surface area contributed by atoms with E-state index in [2.05, 4.69) is 5.32 Å². The van der Waals surface area contributed by atoms with Gasteiger partial charge < -0.3 is 10.2 Å². The summed E-state index contributed by atoms with van der Waals surface area (Å²) in [5.74, 6) is 1.32. The molecule has 4 nitrogen and oxygen atoms in total. The van der Waals surface area contributed by atoms with Crippen LogP contribution in [0, 0.1) is 0 Å². The van der Waals surface area contributed by atoms with Gasteiger partial charge in [0, 0.05) is 24.8 Å². The van der Waals surface area contributed by atoms with Gasteiger partial charge in [0.05, 0.1) is 0 Å². The molecule has 0 radical (unpaired) electrons.